The topological polar surface area (TPSA) is 58.2 Å². The summed E-state index contributed by atoms with van der Waals surface area (Å²) in [5, 5.41) is 7.75. The van der Waals surface area contributed by atoms with Crippen molar-refractivity contribution >= 4 is 22.9 Å². The van der Waals surface area contributed by atoms with Crippen molar-refractivity contribution in [2.45, 2.75) is 169 Å². The Labute approximate surface area is 282 Å². The minimum Gasteiger partial charge on any atom is -0.382 e. The van der Waals surface area contributed by atoms with Gasteiger partial charge in [-0.2, -0.15) is 0 Å². The molecule has 2 aromatic rings. The van der Waals surface area contributed by atoms with Gasteiger partial charge in [0.05, 0.1) is 11.1 Å². The largest absolute Gasteiger partial charge is 0.382 e. The third-order valence-corrected chi connectivity index (χ3v) is 10.4. The summed E-state index contributed by atoms with van der Waals surface area (Å²) < 4.78 is 0. The molecule has 0 aliphatic heterocycles. The maximum atomic E-state index is 14.3. The molecule has 46 heavy (non-hydrogen) atoms. The third kappa shape index (κ3) is 10.7. The zero-order valence-electron chi connectivity index (χ0n) is 30.3. The van der Waals surface area contributed by atoms with Crippen molar-refractivity contribution in [1.29, 1.82) is 0 Å². The Bertz CT molecular complexity index is 1110. The van der Waals surface area contributed by atoms with E-state index in [-0.39, 0.29) is 23.7 Å². The average Bonchev–Trinajstić information content (AvgIpc) is 3.07. The first-order chi connectivity index (χ1) is 22.4. The van der Waals surface area contributed by atoms with E-state index in [2.05, 4.69) is 64.3 Å². The lowest BCUT2D eigenvalue weighted by Crippen LogP contribution is -2.30. The van der Waals surface area contributed by atoms with Gasteiger partial charge in [-0.1, -0.05) is 156 Å². The number of anilines is 2. The van der Waals surface area contributed by atoms with Gasteiger partial charge in [0, 0.05) is 34.6 Å². The number of hydrogen-bond donors (Lipinski definition) is 2. The molecule has 1 aliphatic rings. The minimum absolute atomic E-state index is 0.0291. The lowest BCUT2D eigenvalue weighted by Gasteiger charge is -2.30. The number of nitrogens with one attached hydrogen (secondary N) is 2. The van der Waals surface area contributed by atoms with Crippen LogP contribution < -0.4 is 10.6 Å². The molecule has 256 valence electrons. The Morgan fingerprint density at radius 1 is 0.500 bits per heavy atom. The monoisotopic (exact) mass is 631 g/mol. The van der Waals surface area contributed by atoms with Crippen molar-refractivity contribution < 1.29 is 9.59 Å². The standard InChI is InChI=1S/C42H66N2O2/c1-7-13-17-23-33(29-31(11-5)21-15-9-3)43-37-27-28-38(40-39(37)41(45)35-25-19-20-26-36(35)42(40)46)44-34(24-18-14-8-2)30-32(12-6)22-16-10-4/h19-20,25-28,31-34,43-44H,7-18,21-24,29-30H2,1-6H3. The molecule has 4 heteroatoms. The fraction of sp³-hybridized carbons (Fsp3) is 0.667. The summed E-state index contributed by atoms with van der Waals surface area (Å²) in [6.45, 7) is 13.7. The highest BCUT2D eigenvalue weighted by Crippen LogP contribution is 2.38. The number of carbonyl (C=O) groups is 2. The lowest BCUT2D eigenvalue weighted by molar-refractivity contribution is 0.0980. The van der Waals surface area contributed by atoms with Crippen LogP contribution >= 0.6 is 0 Å². The highest BCUT2D eigenvalue weighted by Gasteiger charge is 2.35. The normalized spacial score (nSPS) is 15.2. The summed E-state index contributed by atoms with van der Waals surface area (Å²) in [6.07, 6.45) is 21.3. The molecule has 3 rings (SSSR count). The fourth-order valence-corrected chi connectivity index (χ4v) is 7.45. The molecule has 0 spiro atoms. The van der Waals surface area contributed by atoms with Gasteiger partial charge in [-0.3, -0.25) is 9.59 Å². The number of ketones is 2. The maximum Gasteiger partial charge on any atom is 0.196 e. The molecule has 0 saturated heterocycles. The molecule has 0 radical (unpaired) electrons. The van der Waals surface area contributed by atoms with E-state index >= 15 is 0 Å². The quantitative estimate of drug-likeness (QED) is 0.0967. The molecule has 4 atom stereocenters. The van der Waals surface area contributed by atoms with Crippen LogP contribution in [0.25, 0.3) is 0 Å². The van der Waals surface area contributed by atoms with Crippen LogP contribution in [0.4, 0.5) is 11.4 Å². The first kappa shape index (κ1) is 37.8. The first-order valence-electron chi connectivity index (χ1n) is 19.3. The third-order valence-electron chi connectivity index (χ3n) is 10.4. The van der Waals surface area contributed by atoms with Gasteiger partial charge in [-0.05, 0) is 49.7 Å². The van der Waals surface area contributed by atoms with Gasteiger partial charge in [-0.25, -0.2) is 0 Å². The second-order valence-corrected chi connectivity index (χ2v) is 14.1. The molecule has 1 aliphatic carbocycles. The van der Waals surface area contributed by atoms with Gasteiger partial charge in [0.1, 0.15) is 0 Å². The molecular formula is C42H66N2O2. The molecule has 0 aromatic heterocycles. The Hall–Kier alpha value is -2.62. The van der Waals surface area contributed by atoms with Gasteiger partial charge < -0.3 is 10.6 Å². The molecule has 4 unspecified atom stereocenters. The second-order valence-electron chi connectivity index (χ2n) is 14.1. The van der Waals surface area contributed by atoms with Crippen LogP contribution in [0, 0.1) is 11.8 Å². The van der Waals surface area contributed by atoms with Crippen molar-refractivity contribution in [3.8, 4) is 0 Å². The van der Waals surface area contributed by atoms with Crippen molar-refractivity contribution in [3.05, 3.63) is 58.7 Å². The van der Waals surface area contributed by atoms with Crippen LogP contribution in [-0.2, 0) is 0 Å². The molecule has 0 fully saturated rings. The number of hydrogen-bond acceptors (Lipinski definition) is 4. The average molecular weight is 631 g/mol. The summed E-state index contributed by atoms with van der Waals surface area (Å²) in [6, 6.07) is 12.2. The van der Waals surface area contributed by atoms with E-state index in [4.69, 9.17) is 0 Å². The number of carbonyl (C=O) groups excluding carboxylic acids is 2. The summed E-state index contributed by atoms with van der Waals surface area (Å²) in [7, 11) is 0. The molecule has 2 N–H and O–H groups in total. The van der Waals surface area contributed by atoms with E-state index in [0.29, 0.717) is 34.1 Å². The Balaban J connectivity index is 2.03. The van der Waals surface area contributed by atoms with Crippen molar-refractivity contribution in [3.63, 3.8) is 0 Å². The van der Waals surface area contributed by atoms with E-state index in [0.717, 1.165) is 37.1 Å². The molecular weight excluding hydrogens is 564 g/mol. The predicted octanol–water partition coefficient (Wildman–Crippen LogP) is 12.4. The van der Waals surface area contributed by atoms with E-state index in [1.165, 1.54) is 89.9 Å². The molecule has 2 aromatic carbocycles. The minimum atomic E-state index is -0.0291. The Morgan fingerprint density at radius 2 is 0.891 bits per heavy atom. The van der Waals surface area contributed by atoms with E-state index in [9.17, 15) is 9.59 Å². The van der Waals surface area contributed by atoms with Crippen LogP contribution in [0.15, 0.2) is 36.4 Å². The van der Waals surface area contributed by atoms with Crippen LogP contribution in [0.1, 0.15) is 189 Å². The number of fused-ring (bicyclic) bond motifs is 2. The van der Waals surface area contributed by atoms with Gasteiger partial charge in [-0.15, -0.1) is 0 Å². The van der Waals surface area contributed by atoms with Gasteiger partial charge in [0.25, 0.3) is 0 Å². The first-order valence-corrected chi connectivity index (χ1v) is 19.3. The SMILES string of the molecule is CCCCCC(CC(CC)CCCC)Nc1ccc(NC(CCCCC)CC(CC)CCCC)c2c1C(=O)c1ccccc1C2=O. The smallest absolute Gasteiger partial charge is 0.196 e. The maximum absolute atomic E-state index is 14.3. The van der Waals surface area contributed by atoms with Crippen LogP contribution in [0.2, 0.25) is 0 Å². The molecule has 0 amide bonds. The molecule has 0 bridgehead atoms. The van der Waals surface area contributed by atoms with E-state index < -0.39 is 0 Å². The summed E-state index contributed by atoms with van der Waals surface area (Å²) in [5.74, 6) is 1.27. The van der Waals surface area contributed by atoms with E-state index in [1.807, 2.05) is 24.3 Å². The number of unbranched alkanes of at least 4 members (excludes halogenated alkanes) is 6. The predicted molar refractivity (Wildman–Crippen MR) is 199 cm³/mol. The molecule has 0 saturated carbocycles. The number of benzene rings is 2. The van der Waals surface area contributed by atoms with Crippen molar-refractivity contribution in [2.24, 2.45) is 11.8 Å². The zero-order chi connectivity index (χ0) is 33.3. The molecule has 4 nitrogen and oxygen atoms in total. The van der Waals surface area contributed by atoms with Gasteiger partial charge in [0.15, 0.2) is 11.6 Å². The Morgan fingerprint density at radius 3 is 1.24 bits per heavy atom. The second kappa shape index (κ2) is 20.6. The fourth-order valence-electron chi connectivity index (χ4n) is 7.45. The highest BCUT2D eigenvalue weighted by atomic mass is 16.1. The summed E-state index contributed by atoms with van der Waals surface area (Å²) >= 11 is 0. The van der Waals surface area contributed by atoms with Crippen LogP contribution in [-0.4, -0.2) is 23.7 Å². The van der Waals surface area contributed by atoms with E-state index in [1.54, 1.807) is 0 Å². The van der Waals surface area contributed by atoms with Gasteiger partial charge >= 0.3 is 0 Å². The van der Waals surface area contributed by atoms with Crippen molar-refractivity contribution in [1.82, 2.24) is 0 Å². The summed E-state index contributed by atoms with van der Waals surface area (Å²) in [4.78, 5) is 28.6. The zero-order valence-corrected chi connectivity index (χ0v) is 30.3. The molecule has 0 heterocycles. The van der Waals surface area contributed by atoms with Crippen molar-refractivity contribution in [2.75, 3.05) is 10.6 Å². The van der Waals surface area contributed by atoms with Crippen LogP contribution in [0.5, 0.6) is 0 Å². The lowest BCUT2D eigenvalue weighted by atomic mass is 9.81. The van der Waals surface area contributed by atoms with Crippen LogP contribution in [0.3, 0.4) is 0 Å². The van der Waals surface area contributed by atoms with Gasteiger partial charge in [0.2, 0.25) is 0 Å². The Kier molecular flexibility index (Phi) is 16.9. The highest BCUT2D eigenvalue weighted by molar-refractivity contribution is 6.31. The summed E-state index contributed by atoms with van der Waals surface area (Å²) in [5.41, 5.74) is 3.86. The number of rotatable bonds is 24.